The average molecular weight is 621 g/mol. The Kier molecular flexibility index (Phi) is 8.55. The molecule has 5 nitrogen and oxygen atoms in total. The lowest BCUT2D eigenvalue weighted by Gasteiger charge is -2.37. The predicted octanol–water partition coefficient (Wildman–Crippen LogP) is 9.84. The van der Waals surface area contributed by atoms with Crippen LogP contribution in [0.3, 0.4) is 0 Å². The van der Waals surface area contributed by atoms with Crippen LogP contribution >= 0.6 is 0 Å². The highest BCUT2D eigenvalue weighted by Crippen LogP contribution is 2.50. The third kappa shape index (κ3) is 6.26. The van der Waals surface area contributed by atoms with Gasteiger partial charge in [0.25, 0.3) is 0 Å². The number of phenols is 1. The molecular formula is C41H52N2O3. The van der Waals surface area contributed by atoms with Gasteiger partial charge >= 0.3 is 0 Å². The fourth-order valence-corrected chi connectivity index (χ4v) is 6.88. The number of anilines is 2. The van der Waals surface area contributed by atoms with E-state index in [0.717, 1.165) is 39.3 Å². The third-order valence-corrected chi connectivity index (χ3v) is 9.53. The zero-order valence-electron chi connectivity index (χ0n) is 29.6. The number of fused-ring (bicyclic) bond motifs is 1. The Labute approximate surface area is 276 Å². The lowest BCUT2D eigenvalue weighted by atomic mass is 9.74. The van der Waals surface area contributed by atoms with Crippen LogP contribution in [0.4, 0.5) is 11.4 Å². The van der Waals surface area contributed by atoms with Crippen molar-refractivity contribution >= 4 is 23.1 Å². The van der Waals surface area contributed by atoms with E-state index in [-0.39, 0.29) is 45.5 Å². The number of nitrogens with zero attached hydrogens (tertiary/aromatic N) is 1. The standard InChI is InChI=1S/C41H52N2O3/c1-24(2)38(46)43-33-15-13-12-14-31(33)42-32-22-26(25-16-18-28(19-17-25)39(3,4)5)23-34(44)35(32)36(43)27-20-29(40(6,7)8)37(45)30(21-27)41(9,10)11/h12-21,24,26,36,42,45H,22-23H2,1-11H3/t26-,36-/m1/s1. The molecule has 0 radical (unpaired) electrons. The molecule has 1 aliphatic carbocycles. The van der Waals surface area contributed by atoms with E-state index in [1.165, 1.54) is 5.56 Å². The van der Waals surface area contributed by atoms with Crippen LogP contribution in [0.1, 0.15) is 129 Å². The number of carbonyl (C=O) groups is 2. The Morgan fingerprint density at radius 1 is 0.804 bits per heavy atom. The Hall–Kier alpha value is -3.86. The summed E-state index contributed by atoms with van der Waals surface area (Å²) in [5, 5.41) is 15.3. The van der Waals surface area contributed by atoms with Gasteiger partial charge in [0.05, 0.1) is 17.4 Å². The van der Waals surface area contributed by atoms with E-state index in [1.807, 2.05) is 55.1 Å². The first-order valence-corrected chi connectivity index (χ1v) is 16.7. The molecule has 2 aliphatic rings. The molecule has 46 heavy (non-hydrogen) atoms. The smallest absolute Gasteiger partial charge is 0.230 e. The number of nitrogens with one attached hydrogen (secondary N) is 1. The summed E-state index contributed by atoms with van der Waals surface area (Å²) in [6, 6.07) is 20.0. The summed E-state index contributed by atoms with van der Waals surface area (Å²) in [5.41, 5.74) is 7.23. The highest BCUT2D eigenvalue weighted by Gasteiger charge is 2.43. The van der Waals surface area contributed by atoms with Crippen molar-refractivity contribution in [2.24, 2.45) is 5.92 Å². The lowest BCUT2D eigenvalue weighted by molar-refractivity contribution is -0.121. The summed E-state index contributed by atoms with van der Waals surface area (Å²) < 4.78 is 0. The van der Waals surface area contributed by atoms with Crippen LogP contribution < -0.4 is 10.2 Å². The minimum Gasteiger partial charge on any atom is -0.507 e. The normalized spacial score (nSPS) is 19.0. The summed E-state index contributed by atoms with van der Waals surface area (Å²) in [4.78, 5) is 30.8. The van der Waals surface area contributed by atoms with Crippen molar-refractivity contribution in [3.05, 3.63) is 99.8 Å². The van der Waals surface area contributed by atoms with Crippen molar-refractivity contribution in [2.45, 2.75) is 117 Å². The number of benzene rings is 3. The number of Topliss-reactive ketones (excluding diaryl/α,β-unsaturated/α-hetero) is 1. The van der Waals surface area contributed by atoms with Crippen LogP contribution in [0.15, 0.2) is 71.9 Å². The summed E-state index contributed by atoms with van der Waals surface area (Å²) >= 11 is 0. The van der Waals surface area contributed by atoms with Gasteiger partial charge in [0.15, 0.2) is 5.78 Å². The van der Waals surface area contributed by atoms with E-state index in [9.17, 15) is 14.7 Å². The highest BCUT2D eigenvalue weighted by atomic mass is 16.3. The Morgan fingerprint density at radius 2 is 1.37 bits per heavy atom. The SMILES string of the molecule is CC(C)C(=O)N1c2ccccc2NC2=C(C(=O)C[C@H](c3ccc(C(C)(C)C)cc3)C2)[C@H]1c1cc(C(C)(C)C)c(O)c(C(C)(C)C)c1. The van der Waals surface area contributed by atoms with E-state index in [1.54, 1.807) is 0 Å². The Balaban J connectivity index is 1.78. The van der Waals surface area contributed by atoms with Crippen molar-refractivity contribution in [1.29, 1.82) is 0 Å². The van der Waals surface area contributed by atoms with Crippen LogP contribution in [-0.2, 0) is 25.8 Å². The molecule has 0 saturated carbocycles. The molecule has 1 amide bonds. The van der Waals surface area contributed by atoms with Crippen molar-refractivity contribution in [3.63, 3.8) is 0 Å². The van der Waals surface area contributed by atoms with Crippen molar-refractivity contribution in [2.75, 3.05) is 10.2 Å². The Morgan fingerprint density at radius 3 is 1.89 bits per heavy atom. The van der Waals surface area contributed by atoms with Gasteiger partial charge in [-0.1, -0.05) is 113 Å². The monoisotopic (exact) mass is 620 g/mol. The number of allylic oxidation sites excluding steroid dienone is 1. The lowest BCUT2D eigenvalue weighted by Crippen LogP contribution is -2.41. The van der Waals surface area contributed by atoms with Gasteiger partial charge in [-0.05, 0) is 80.7 Å². The van der Waals surface area contributed by atoms with E-state index in [2.05, 4.69) is 91.9 Å². The van der Waals surface area contributed by atoms with Gasteiger partial charge in [0.2, 0.25) is 5.91 Å². The molecule has 5 rings (SSSR count). The number of hydrogen-bond donors (Lipinski definition) is 2. The molecule has 0 aromatic heterocycles. The molecule has 5 heteroatoms. The second-order valence-corrected chi connectivity index (χ2v) is 16.7. The number of aromatic hydroxyl groups is 1. The van der Waals surface area contributed by atoms with Gasteiger partial charge in [-0.15, -0.1) is 0 Å². The molecule has 0 saturated heterocycles. The van der Waals surface area contributed by atoms with E-state index >= 15 is 0 Å². The highest BCUT2D eigenvalue weighted by molar-refractivity contribution is 6.07. The maximum Gasteiger partial charge on any atom is 0.230 e. The van der Waals surface area contributed by atoms with Crippen LogP contribution in [0.25, 0.3) is 0 Å². The molecule has 0 bridgehead atoms. The number of phenolic OH excluding ortho intramolecular Hbond substituents is 1. The van der Waals surface area contributed by atoms with Crippen LogP contribution in [0.2, 0.25) is 0 Å². The second kappa shape index (κ2) is 11.7. The van der Waals surface area contributed by atoms with E-state index < -0.39 is 6.04 Å². The number of ketones is 1. The minimum absolute atomic E-state index is 0.0167. The van der Waals surface area contributed by atoms with Crippen LogP contribution in [0.5, 0.6) is 5.75 Å². The molecule has 244 valence electrons. The van der Waals surface area contributed by atoms with Gasteiger partial charge < -0.3 is 10.4 Å². The molecule has 0 fully saturated rings. The molecule has 0 spiro atoms. The summed E-state index contributed by atoms with van der Waals surface area (Å²) in [6.45, 7) is 23.0. The first kappa shape index (κ1) is 33.5. The van der Waals surface area contributed by atoms with Crippen LogP contribution in [-0.4, -0.2) is 16.8 Å². The van der Waals surface area contributed by atoms with Crippen LogP contribution in [0, 0.1) is 5.92 Å². The molecule has 1 aliphatic heterocycles. The summed E-state index contributed by atoms with van der Waals surface area (Å²) in [5.74, 6) is -0.0144. The second-order valence-electron chi connectivity index (χ2n) is 16.7. The fraction of sp³-hybridized carbons (Fsp3) is 0.463. The fourth-order valence-electron chi connectivity index (χ4n) is 6.88. The first-order chi connectivity index (χ1) is 21.3. The molecule has 3 aromatic rings. The molecule has 1 heterocycles. The maximum atomic E-state index is 14.6. The van der Waals surface area contributed by atoms with Gasteiger partial charge in [0.1, 0.15) is 5.75 Å². The average Bonchev–Trinajstić information content (AvgIpc) is 3.10. The number of amides is 1. The van der Waals surface area contributed by atoms with Crippen molar-refractivity contribution < 1.29 is 14.7 Å². The summed E-state index contributed by atoms with van der Waals surface area (Å²) in [7, 11) is 0. The molecule has 0 unspecified atom stereocenters. The number of rotatable bonds is 3. The van der Waals surface area contributed by atoms with E-state index in [0.29, 0.717) is 18.4 Å². The predicted molar refractivity (Wildman–Crippen MR) is 190 cm³/mol. The maximum absolute atomic E-state index is 14.6. The van der Waals surface area contributed by atoms with Crippen molar-refractivity contribution in [1.82, 2.24) is 0 Å². The third-order valence-electron chi connectivity index (χ3n) is 9.53. The minimum atomic E-state index is -0.652. The zero-order chi connectivity index (χ0) is 33.9. The van der Waals surface area contributed by atoms with E-state index in [4.69, 9.17) is 0 Å². The molecule has 2 N–H and O–H groups in total. The van der Waals surface area contributed by atoms with Gasteiger partial charge in [-0.25, -0.2) is 0 Å². The summed E-state index contributed by atoms with van der Waals surface area (Å²) in [6.07, 6.45) is 1.02. The number of hydrogen-bond acceptors (Lipinski definition) is 4. The Bertz CT molecular complexity index is 1660. The quantitative estimate of drug-likeness (QED) is 0.306. The molecule has 2 atom stereocenters. The van der Waals surface area contributed by atoms with Gasteiger partial charge in [-0.2, -0.15) is 0 Å². The number of para-hydroxylation sites is 2. The van der Waals surface area contributed by atoms with Crippen molar-refractivity contribution in [3.8, 4) is 5.75 Å². The van der Waals surface area contributed by atoms with Gasteiger partial charge in [0, 0.05) is 23.6 Å². The topological polar surface area (TPSA) is 69.6 Å². The number of carbonyl (C=O) groups excluding carboxylic acids is 2. The first-order valence-electron chi connectivity index (χ1n) is 16.7. The molecule has 3 aromatic carbocycles. The van der Waals surface area contributed by atoms with Gasteiger partial charge in [-0.3, -0.25) is 14.5 Å². The largest absolute Gasteiger partial charge is 0.507 e. The molecular weight excluding hydrogens is 568 g/mol. The zero-order valence-corrected chi connectivity index (χ0v) is 29.6.